The highest BCUT2D eigenvalue weighted by Crippen LogP contribution is 2.34. The molecule has 24 heavy (non-hydrogen) atoms. The molecule has 2 aromatic carbocycles. The van der Waals surface area contributed by atoms with Crippen LogP contribution in [-0.2, 0) is 0 Å². The zero-order valence-corrected chi connectivity index (χ0v) is 14.3. The maximum Gasteiger partial charge on any atom is 0.269 e. The van der Waals surface area contributed by atoms with Gasteiger partial charge in [-0.2, -0.15) is 0 Å². The summed E-state index contributed by atoms with van der Waals surface area (Å²) in [5, 5.41) is 11.6. The van der Waals surface area contributed by atoms with E-state index in [0.29, 0.717) is 0 Å². The largest absolute Gasteiger partial charge is 0.352 e. The molecule has 0 amide bonds. The maximum atomic E-state index is 10.9. The molecule has 0 aromatic heterocycles. The van der Waals surface area contributed by atoms with Crippen LogP contribution in [0.15, 0.2) is 48.5 Å². The summed E-state index contributed by atoms with van der Waals surface area (Å²) in [4.78, 5) is 15.3. The lowest BCUT2D eigenvalue weighted by atomic mass is 10.0. The van der Waals surface area contributed by atoms with Crippen molar-refractivity contribution < 1.29 is 4.92 Å². The summed E-state index contributed by atoms with van der Waals surface area (Å²) in [5.74, 6) is 0. The Morgan fingerprint density at radius 3 is 2.38 bits per heavy atom. The van der Waals surface area contributed by atoms with Gasteiger partial charge in [0.15, 0.2) is 0 Å². The molecular weight excluding hydrogens is 326 g/mol. The highest BCUT2D eigenvalue weighted by molar-refractivity contribution is 6.30. The molecule has 1 aliphatic rings. The average molecular weight is 346 g/mol. The van der Waals surface area contributed by atoms with Gasteiger partial charge in [-0.15, -0.1) is 0 Å². The smallest absolute Gasteiger partial charge is 0.269 e. The van der Waals surface area contributed by atoms with Crippen LogP contribution in [0.1, 0.15) is 25.1 Å². The van der Waals surface area contributed by atoms with Gasteiger partial charge in [0.2, 0.25) is 0 Å². The number of hydrogen-bond acceptors (Lipinski definition) is 4. The number of benzene rings is 2. The third-order valence-corrected chi connectivity index (χ3v) is 4.70. The molecule has 0 saturated carbocycles. The number of nitro groups is 1. The van der Waals surface area contributed by atoms with E-state index in [1.165, 1.54) is 0 Å². The molecule has 0 aliphatic carbocycles. The van der Waals surface area contributed by atoms with Crippen molar-refractivity contribution in [3.8, 4) is 0 Å². The Labute approximate surface area is 146 Å². The quantitative estimate of drug-likeness (QED) is 0.605. The first-order valence-electron chi connectivity index (χ1n) is 8.10. The Balaban J connectivity index is 1.97. The van der Waals surface area contributed by atoms with Crippen molar-refractivity contribution >= 4 is 23.0 Å². The van der Waals surface area contributed by atoms with Gasteiger partial charge in [0.05, 0.1) is 4.92 Å². The van der Waals surface area contributed by atoms with Crippen molar-refractivity contribution in [3.63, 3.8) is 0 Å². The Hall–Kier alpha value is -2.11. The fourth-order valence-electron chi connectivity index (χ4n) is 3.28. The molecule has 1 heterocycles. The number of rotatable bonds is 4. The molecular formula is C18H20ClN3O2. The molecule has 126 valence electrons. The monoisotopic (exact) mass is 345 g/mol. The number of anilines is 1. The minimum Gasteiger partial charge on any atom is -0.352 e. The van der Waals surface area contributed by atoms with Gasteiger partial charge >= 0.3 is 0 Å². The van der Waals surface area contributed by atoms with E-state index in [2.05, 4.69) is 16.7 Å². The van der Waals surface area contributed by atoms with Gasteiger partial charge in [0.25, 0.3) is 5.69 Å². The number of halogens is 1. The number of nitrogens with zero attached hydrogens (tertiary/aromatic N) is 3. The second-order valence-corrected chi connectivity index (χ2v) is 6.31. The van der Waals surface area contributed by atoms with Crippen molar-refractivity contribution in [2.24, 2.45) is 0 Å². The van der Waals surface area contributed by atoms with Crippen LogP contribution in [0.3, 0.4) is 0 Å². The van der Waals surface area contributed by atoms with E-state index in [1.807, 2.05) is 36.4 Å². The molecule has 0 bridgehead atoms. The van der Waals surface area contributed by atoms with Crippen LogP contribution in [-0.4, -0.2) is 29.5 Å². The molecule has 6 heteroatoms. The number of hydrogen-bond donors (Lipinski definition) is 0. The molecule has 1 aliphatic heterocycles. The van der Waals surface area contributed by atoms with E-state index in [-0.39, 0.29) is 16.8 Å². The second kappa shape index (κ2) is 7.20. The summed E-state index contributed by atoms with van der Waals surface area (Å²) >= 11 is 6.01. The summed E-state index contributed by atoms with van der Waals surface area (Å²) in [6, 6.07) is 14.7. The number of nitro benzene ring substituents is 1. The fourth-order valence-corrected chi connectivity index (χ4v) is 3.40. The van der Waals surface area contributed by atoms with Gasteiger partial charge in [-0.05, 0) is 54.9 Å². The zero-order valence-electron chi connectivity index (χ0n) is 13.6. The molecule has 0 radical (unpaired) electrons. The van der Waals surface area contributed by atoms with Crippen molar-refractivity contribution in [2.45, 2.75) is 19.5 Å². The minimum absolute atomic E-state index is 0.0747. The Kier molecular flexibility index (Phi) is 5.02. The normalized spacial score (nSPS) is 18.6. The van der Waals surface area contributed by atoms with Gasteiger partial charge in [-0.25, -0.2) is 0 Å². The first-order valence-corrected chi connectivity index (χ1v) is 8.48. The van der Waals surface area contributed by atoms with Crippen LogP contribution in [0.25, 0.3) is 0 Å². The van der Waals surface area contributed by atoms with Crippen LogP contribution in [0.4, 0.5) is 11.4 Å². The van der Waals surface area contributed by atoms with E-state index in [0.717, 1.165) is 42.3 Å². The molecule has 1 atom stereocenters. The zero-order chi connectivity index (χ0) is 17.1. The van der Waals surface area contributed by atoms with Gasteiger partial charge in [0, 0.05) is 35.9 Å². The first-order chi connectivity index (χ1) is 11.6. The Morgan fingerprint density at radius 2 is 1.79 bits per heavy atom. The van der Waals surface area contributed by atoms with Gasteiger partial charge in [-0.1, -0.05) is 18.5 Å². The third kappa shape index (κ3) is 3.37. The average Bonchev–Trinajstić information content (AvgIpc) is 2.62. The fraction of sp³-hybridized carbons (Fsp3) is 0.333. The van der Waals surface area contributed by atoms with Crippen molar-refractivity contribution in [1.82, 2.24) is 4.90 Å². The summed E-state index contributed by atoms with van der Waals surface area (Å²) in [6.45, 7) is 5.03. The first kappa shape index (κ1) is 16.7. The van der Waals surface area contributed by atoms with Crippen molar-refractivity contribution in [3.05, 3.63) is 69.2 Å². The van der Waals surface area contributed by atoms with Gasteiger partial charge in [-0.3, -0.25) is 15.0 Å². The lowest BCUT2D eigenvalue weighted by Crippen LogP contribution is -2.47. The van der Waals surface area contributed by atoms with Crippen LogP contribution in [0.2, 0.25) is 5.02 Å². The van der Waals surface area contributed by atoms with E-state index >= 15 is 0 Å². The molecule has 2 aromatic rings. The van der Waals surface area contributed by atoms with Crippen molar-refractivity contribution in [2.75, 3.05) is 24.5 Å². The lowest BCUT2D eigenvalue weighted by molar-refractivity contribution is -0.384. The SMILES string of the molecule is CCN1CCCN(c2ccc(Cl)cc2)C1c1ccc([N+](=O)[O-])cc1. The van der Waals surface area contributed by atoms with E-state index < -0.39 is 0 Å². The maximum absolute atomic E-state index is 10.9. The molecule has 5 nitrogen and oxygen atoms in total. The molecule has 1 saturated heterocycles. The van der Waals surface area contributed by atoms with Crippen LogP contribution in [0.5, 0.6) is 0 Å². The van der Waals surface area contributed by atoms with E-state index in [9.17, 15) is 10.1 Å². The Morgan fingerprint density at radius 1 is 1.12 bits per heavy atom. The summed E-state index contributed by atoms with van der Waals surface area (Å²) in [7, 11) is 0. The molecule has 1 unspecified atom stereocenters. The third-order valence-electron chi connectivity index (χ3n) is 4.45. The van der Waals surface area contributed by atoms with E-state index in [1.54, 1.807) is 12.1 Å². The van der Waals surface area contributed by atoms with Crippen LogP contribution >= 0.6 is 11.6 Å². The molecule has 1 fully saturated rings. The standard InChI is InChI=1S/C18H20ClN3O2/c1-2-20-12-3-13-21(16-10-6-15(19)7-11-16)18(20)14-4-8-17(9-5-14)22(23)24/h4-11,18H,2-3,12-13H2,1H3. The molecule has 0 spiro atoms. The van der Waals surface area contributed by atoms with Gasteiger partial charge in [0.1, 0.15) is 6.17 Å². The topological polar surface area (TPSA) is 49.6 Å². The predicted molar refractivity (Wildman–Crippen MR) is 96.5 cm³/mol. The summed E-state index contributed by atoms with van der Waals surface area (Å²) in [5.41, 5.74) is 2.30. The number of non-ortho nitro benzene ring substituents is 1. The highest BCUT2D eigenvalue weighted by Gasteiger charge is 2.30. The molecule has 0 N–H and O–H groups in total. The highest BCUT2D eigenvalue weighted by atomic mass is 35.5. The van der Waals surface area contributed by atoms with Crippen LogP contribution < -0.4 is 4.90 Å². The predicted octanol–water partition coefficient (Wildman–Crippen LogP) is 4.48. The van der Waals surface area contributed by atoms with Crippen LogP contribution in [0, 0.1) is 10.1 Å². The summed E-state index contributed by atoms with van der Waals surface area (Å²) in [6.07, 6.45) is 1.16. The van der Waals surface area contributed by atoms with E-state index in [4.69, 9.17) is 11.6 Å². The minimum atomic E-state index is -0.362. The second-order valence-electron chi connectivity index (χ2n) is 5.87. The lowest BCUT2D eigenvalue weighted by Gasteiger charge is -2.45. The molecule has 3 rings (SSSR count). The Bertz CT molecular complexity index is 703. The van der Waals surface area contributed by atoms with Gasteiger partial charge < -0.3 is 4.90 Å². The van der Waals surface area contributed by atoms with Crippen molar-refractivity contribution in [1.29, 1.82) is 0 Å². The summed E-state index contributed by atoms with van der Waals surface area (Å²) < 4.78 is 0.